The summed E-state index contributed by atoms with van der Waals surface area (Å²) in [5, 5.41) is 10.6. The molecule has 0 saturated carbocycles. The zero-order chi connectivity index (χ0) is 70.1. The van der Waals surface area contributed by atoms with Crippen molar-refractivity contribution in [3.8, 4) is 0 Å². The fourth-order valence-corrected chi connectivity index (χ4v) is 13.2. The van der Waals surface area contributed by atoms with E-state index >= 15 is 0 Å². The van der Waals surface area contributed by atoms with Crippen molar-refractivity contribution in [2.24, 2.45) is 17.8 Å². The van der Waals surface area contributed by atoms with E-state index in [0.717, 1.165) is 108 Å². The number of aliphatic hydroxyl groups excluding tert-OH is 1. The SMILES string of the molecule is CCCCCCCCCCCCCCCCCCC(=O)O[C@H](COC(=O)CCCCCCCCCCCCCCC(C)C)COP(=O)(O)OC[C@@H](O)COP(=O)(O)OC[C@@H](COC(=O)CCCCCCCCC(C)C)OC(=O)CCCCCCCCCCCCCCC(C)C. The van der Waals surface area contributed by atoms with Crippen LogP contribution in [0, 0.1) is 17.8 Å². The number of phosphoric acid groups is 2. The third-order valence-electron chi connectivity index (χ3n) is 17.6. The molecule has 564 valence electrons. The van der Waals surface area contributed by atoms with Gasteiger partial charge in [0.05, 0.1) is 26.4 Å². The first-order valence-corrected chi connectivity index (χ1v) is 42.3. The lowest BCUT2D eigenvalue weighted by molar-refractivity contribution is -0.161. The Hall–Kier alpha value is -1.94. The van der Waals surface area contributed by atoms with E-state index in [1.54, 1.807) is 0 Å². The molecule has 0 amide bonds. The zero-order valence-corrected chi connectivity index (χ0v) is 63.9. The minimum Gasteiger partial charge on any atom is -0.462 e. The summed E-state index contributed by atoms with van der Waals surface area (Å²) < 4.78 is 68.5. The number of esters is 4. The maximum Gasteiger partial charge on any atom is 0.472 e. The van der Waals surface area contributed by atoms with Crippen LogP contribution in [0.15, 0.2) is 0 Å². The fourth-order valence-electron chi connectivity index (χ4n) is 11.6. The van der Waals surface area contributed by atoms with E-state index in [-0.39, 0.29) is 25.7 Å². The highest BCUT2D eigenvalue weighted by Gasteiger charge is 2.30. The molecule has 0 bridgehead atoms. The Morgan fingerprint density at radius 1 is 0.284 bits per heavy atom. The Bertz CT molecular complexity index is 1850. The molecule has 0 saturated heterocycles. The predicted molar refractivity (Wildman–Crippen MR) is 386 cm³/mol. The molecule has 0 radical (unpaired) electrons. The van der Waals surface area contributed by atoms with Crippen molar-refractivity contribution in [2.75, 3.05) is 39.6 Å². The van der Waals surface area contributed by atoms with Gasteiger partial charge in [-0.15, -0.1) is 0 Å². The number of aliphatic hydroxyl groups is 1. The normalized spacial score (nSPS) is 14.1. The second kappa shape index (κ2) is 66.6. The largest absolute Gasteiger partial charge is 0.472 e. The molecule has 5 atom stereocenters. The average molecular weight is 1400 g/mol. The van der Waals surface area contributed by atoms with Crippen molar-refractivity contribution in [1.29, 1.82) is 0 Å². The highest BCUT2D eigenvalue weighted by Crippen LogP contribution is 2.45. The monoisotopic (exact) mass is 1400 g/mol. The van der Waals surface area contributed by atoms with Crippen LogP contribution in [0.5, 0.6) is 0 Å². The van der Waals surface area contributed by atoms with Crippen molar-refractivity contribution >= 4 is 39.5 Å². The molecule has 2 unspecified atom stereocenters. The molecule has 95 heavy (non-hydrogen) atoms. The second-order valence-corrected chi connectivity index (χ2v) is 31.7. The smallest absolute Gasteiger partial charge is 0.462 e. The zero-order valence-electron chi connectivity index (χ0n) is 62.1. The van der Waals surface area contributed by atoms with Crippen LogP contribution in [0.4, 0.5) is 0 Å². The molecule has 0 aliphatic heterocycles. The lowest BCUT2D eigenvalue weighted by Crippen LogP contribution is -2.30. The van der Waals surface area contributed by atoms with E-state index in [9.17, 15) is 43.2 Å². The van der Waals surface area contributed by atoms with E-state index in [4.69, 9.17) is 37.0 Å². The first kappa shape index (κ1) is 93.1. The van der Waals surface area contributed by atoms with Crippen LogP contribution in [-0.4, -0.2) is 96.7 Å². The Morgan fingerprint density at radius 3 is 0.716 bits per heavy atom. The number of rotatable bonds is 74. The molecule has 17 nitrogen and oxygen atoms in total. The van der Waals surface area contributed by atoms with Gasteiger partial charge < -0.3 is 33.8 Å². The Kier molecular flexibility index (Phi) is 65.2. The molecular formula is C76H148O17P2. The molecule has 0 heterocycles. The van der Waals surface area contributed by atoms with Gasteiger partial charge >= 0.3 is 39.5 Å². The van der Waals surface area contributed by atoms with Crippen molar-refractivity contribution in [2.45, 2.75) is 407 Å². The van der Waals surface area contributed by atoms with Crippen LogP contribution in [0.1, 0.15) is 389 Å². The molecule has 0 aromatic rings. The molecule has 0 fully saturated rings. The van der Waals surface area contributed by atoms with E-state index in [2.05, 4.69) is 48.5 Å². The third-order valence-corrected chi connectivity index (χ3v) is 19.5. The van der Waals surface area contributed by atoms with E-state index < -0.39 is 97.5 Å². The van der Waals surface area contributed by atoms with E-state index in [0.29, 0.717) is 31.6 Å². The molecule has 19 heteroatoms. The number of unbranched alkanes of at least 4 members (excludes halogenated alkanes) is 42. The Balaban J connectivity index is 5.24. The first-order valence-electron chi connectivity index (χ1n) is 39.3. The van der Waals surface area contributed by atoms with Gasteiger partial charge in [-0.1, -0.05) is 337 Å². The molecular weight excluding hydrogens is 1250 g/mol. The number of carbonyl (C=O) groups is 4. The summed E-state index contributed by atoms with van der Waals surface area (Å²) in [4.78, 5) is 72.8. The minimum absolute atomic E-state index is 0.106. The van der Waals surface area contributed by atoms with Crippen molar-refractivity contribution < 1.29 is 80.2 Å². The number of carbonyl (C=O) groups excluding carboxylic acids is 4. The molecule has 0 spiro atoms. The Morgan fingerprint density at radius 2 is 0.484 bits per heavy atom. The average Bonchev–Trinajstić information content (AvgIpc) is 1.31. The summed E-state index contributed by atoms with van der Waals surface area (Å²) >= 11 is 0. The van der Waals surface area contributed by atoms with Crippen LogP contribution in [-0.2, 0) is 65.4 Å². The van der Waals surface area contributed by atoms with E-state index in [1.165, 1.54) is 193 Å². The molecule has 0 aliphatic carbocycles. The maximum absolute atomic E-state index is 13.1. The van der Waals surface area contributed by atoms with Gasteiger partial charge in [0.2, 0.25) is 0 Å². The van der Waals surface area contributed by atoms with Gasteiger partial charge in [-0.05, 0) is 43.4 Å². The number of phosphoric ester groups is 2. The molecule has 3 N–H and O–H groups in total. The summed E-state index contributed by atoms with van der Waals surface area (Å²) in [6, 6.07) is 0. The maximum atomic E-state index is 13.1. The first-order chi connectivity index (χ1) is 45.7. The van der Waals surface area contributed by atoms with Crippen molar-refractivity contribution in [3.05, 3.63) is 0 Å². The third kappa shape index (κ3) is 70.3. The summed E-state index contributed by atoms with van der Waals surface area (Å²) in [6.07, 6.45) is 52.8. The van der Waals surface area contributed by atoms with Gasteiger partial charge in [0.25, 0.3) is 0 Å². The van der Waals surface area contributed by atoms with Gasteiger partial charge in [0.15, 0.2) is 12.2 Å². The van der Waals surface area contributed by atoms with Crippen LogP contribution in [0.25, 0.3) is 0 Å². The van der Waals surface area contributed by atoms with Gasteiger partial charge in [-0.25, -0.2) is 9.13 Å². The van der Waals surface area contributed by atoms with Crippen LogP contribution >= 0.6 is 15.6 Å². The summed E-state index contributed by atoms with van der Waals surface area (Å²) in [5.74, 6) is 0.120. The summed E-state index contributed by atoms with van der Waals surface area (Å²) in [5.41, 5.74) is 0. The molecule has 0 aliphatic rings. The van der Waals surface area contributed by atoms with Crippen molar-refractivity contribution in [3.63, 3.8) is 0 Å². The second-order valence-electron chi connectivity index (χ2n) is 28.8. The lowest BCUT2D eigenvalue weighted by Gasteiger charge is -2.21. The molecule has 0 aromatic carbocycles. The van der Waals surface area contributed by atoms with Gasteiger partial charge in [0.1, 0.15) is 19.3 Å². The van der Waals surface area contributed by atoms with Crippen LogP contribution < -0.4 is 0 Å². The number of hydrogen-bond donors (Lipinski definition) is 3. The predicted octanol–water partition coefficient (Wildman–Crippen LogP) is 22.2. The quantitative estimate of drug-likeness (QED) is 0.0222. The number of ether oxygens (including phenoxy) is 4. The van der Waals surface area contributed by atoms with Gasteiger partial charge in [0, 0.05) is 25.7 Å². The topological polar surface area (TPSA) is 237 Å². The molecule has 0 rings (SSSR count). The highest BCUT2D eigenvalue weighted by molar-refractivity contribution is 7.47. The summed E-state index contributed by atoms with van der Waals surface area (Å²) in [6.45, 7) is 11.8. The van der Waals surface area contributed by atoms with Gasteiger partial charge in [-0.2, -0.15) is 0 Å². The standard InChI is InChI=1S/C76H148O17P2/c1-8-9-10-11-12-13-14-15-16-17-18-26-31-36-45-52-59-75(80)92-71(63-86-73(78)57-50-43-35-30-25-21-19-23-28-33-40-47-54-67(2)3)65-90-94(82,83)88-61-70(77)62-89-95(84,85)91-66-72(64-87-74(79)58-51-44-39-38-42-49-56-69(6)7)93-76(81)60-53-46-37-32-27-22-20-24-29-34-41-48-55-68(4)5/h67-72,77H,8-66H2,1-7H3,(H,82,83)(H,84,85)/t70-,71-,72-/m1/s1. The lowest BCUT2D eigenvalue weighted by atomic mass is 10.0. The van der Waals surface area contributed by atoms with Gasteiger partial charge in [-0.3, -0.25) is 37.3 Å². The minimum atomic E-state index is -4.96. The summed E-state index contributed by atoms with van der Waals surface area (Å²) in [7, 11) is -9.91. The van der Waals surface area contributed by atoms with E-state index in [1.807, 2.05) is 0 Å². The van der Waals surface area contributed by atoms with Crippen molar-refractivity contribution in [1.82, 2.24) is 0 Å². The van der Waals surface area contributed by atoms with Crippen LogP contribution in [0.2, 0.25) is 0 Å². The number of hydrogen-bond acceptors (Lipinski definition) is 15. The van der Waals surface area contributed by atoms with Crippen LogP contribution in [0.3, 0.4) is 0 Å². The fraction of sp³-hybridized carbons (Fsp3) is 0.947. The Labute approximate surface area is 581 Å². The molecule has 0 aromatic heterocycles. The highest BCUT2D eigenvalue weighted by atomic mass is 31.2.